The van der Waals surface area contributed by atoms with Crippen molar-refractivity contribution >= 4 is 29.0 Å². The van der Waals surface area contributed by atoms with Crippen molar-refractivity contribution < 1.29 is 14.3 Å². The topological polar surface area (TPSA) is 67.5 Å². The summed E-state index contributed by atoms with van der Waals surface area (Å²) < 4.78 is 11.0. The number of H-pyrrole nitrogens is 1. The number of hydrogen-bond acceptors (Lipinski definition) is 4. The van der Waals surface area contributed by atoms with Gasteiger partial charge >= 0.3 is 0 Å². The van der Waals surface area contributed by atoms with E-state index in [0.717, 1.165) is 33.5 Å². The van der Waals surface area contributed by atoms with E-state index in [9.17, 15) is 4.79 Å². The first-order chi connectivity index (χ1) is 13.7. The Morgan fingerprint density at radius 2 is 2.04 bits per heavy atom. The van der Waals surface area contributed by atoms with Crippen molar-refractivity contribution in [3.05, 3.63) is 59.3 Å². The molecule has 144 valence electrons. The molecule has 1 aromatic heterocycles. The molecule has 6 nitrogen and oxygen atoms in total. The number of rotatable bonds is 5. The SMILES string of the molecule is Cc1cc(C=Cc2n[nH]c3ccccc23)ccc1OCC(=O)N1CCOCC1. The molecular formula is C22H23N3O3. The van der Waals surface area contributed by atoms with Gasteiger partial charge in [0.2, 0.25) is 0 Å². The minimum Gasteiger partial charge on any atom is -0.483 e. The molecule has 1 saturated heterocycles. The summed E-state index contributed by atoms with van der Waals surface area (Å²) in [4.78, 5) is 14.0. The quantitative estimate of drug-likeness (QED) is 0.741. The first kappa shape index (κ1) is 18.3. The fourth-order valence-corrected chi connectivity index (χ4v) is 3.27. The molecule has 1 amide bonds. The number of amides is 1. The molecule has 0 saturated carbocycles. The van der Waals surface area contributed by atoms with E-state index in [0.29, 0.717) is 26.3 Å². The Bertz CT molecular complexity index is 1000. The van der Waals surface area contributed by atoms with Gasteiger partial charge in [0.15, 0.2) is 6.61 Å². The van der Waals surface area contributed by atoms with Gasteiger partial charge in [-0.1, -0.05) is 30.3 Å². The highest BCUT2D eigenvalue weighted by molar-refractivity contribution is 5.89. The minimum atomic E-state index is -0.00270. The average Bonchev–Trinajstić information content (AvgIpc) is 3.15. The maximum Gasteiger partial charge on any atom is 0.260 e. The molecule has 28 heavy (non-hydrogen) atoms. The number of para-hydroxylation sites is 1. The number of aromatic nitrogens is 2. The number of carbonyl (C=O) groups is 1. The number of nitrogens with zero attached hydrogens (tertiary/aromatic N) is 2. The summed E-state index contributed by atoms with van der Waals surface area (Å²) in [7, 11) is 0. The molecule has 0 bridgehead atoms. The zero-order chi connectivity index (χ0) is 19.3. The molecule has 6 heteroatoms. The Labute approximate surface area is 163 Å². The molecule has 2 heterocycles. The summed E-state index contributed by atoms with van der Waals surface area (Å²) in [5.74, 6) is 0.723. The van der Waals surface area contributed by atoms with Crippen LogP contribution in [0.1, 0.15) is 16.8 Å². The Morgan fingerprint density at radius 1 is 1.21 bits per heavy atom. The molecule has 2 aromatic carbocycles. The van der Waals surface area contributed by atoms with Gasteiger partial charge in [0.1, 0.15) is 5.75 Å². The number of nitrogens with one attached hydrogen (secondary N) is 1. The number of ether oxygens (including phenoxy) is 2. The van der Waals surface area contributed by atoms with Crippen molar-refractivity contribution in [3.8, 4) is 5.75 Å². The third kappa shape index (κ3) is 4.07. The van der Waals surface area contributed by atoms with E-state index in [1.54, 1.807) is 4.90 Å². The van der Waals surface area contributed by atoms with E-state index >= 15 is 0 Å². The van der Waals surface area contributed by atoms with E-state index in [-0.39, 0.29) is 12.5 Å². The lowest BCUT2D eigenvalue weighted by Crippen LogP contribution is -2.43. The zero-order valence-electron chi connectivity index (χ0n) is 15.9. The molecule has 0 atom stereocenters. The van der Waals surface area contributed by atoms with Crippen LogP contribution in [0, 0.1) is 6.92 Å². The second-order valence-corrected chi connectivity index (χ2v) is 6.79. The van der Waals surface area contributed by atoms with E-state index in [1.165, 1.54) is 0 Å². The lowest BCUT2D eigenvalue weighted by molar-refractivity contribution is -0.137. The molecule has 1 fully saturated rings. The normalized spacial score (nSPS) is 14.7. The molecule has 0 spiro atoms. The van der Waals surface area contributed by atoms with Crippen molar-refractivity contribution in [2.75, 3.05) is 32.9 Å². The Balaban J connectivity index is 1.40. The predicted octanol–water partition coefficient (Wildman–Crippen LogP) is 3.28. The summed E-state index contributed by atoms with van der Waals surface area (Å²) in [5, 5.41) is 8.48. The third-order valence-corrected chi connectivity index (χ3v) is 4.85. The first-order valence-electron chi connectivity index (χ1n) is 9.41. The molecule has 4 rings (SSSR count). The minimum absolute atomic E-state index is 0.00270. The van der Waals surface area contributed by atoms with Crippen LogP contribution in [0.4, 0.5) is 0 Å². The van der Waals surface area contributed by atoms with Crippen LogP contribution in [0.15, 0.2) is 42.5 Å². The van der Waals surface area contributed by atoms with Crippen molar-refractivity contribution in [3.63, 3.8) is 0 Å². The van der Waals surface area contributed by atoms with Gasteiger partial charge in [-0.2, -0.15) is 5.10 Å². The molecule has 1 aliphatic rings. The van der Waals surface area contributed by atoms with Gasteiger partial charge in [0, 0.05) is 18.5 Å². The lowest BCUT2D eigenvalue weighted by atomic mass is 10.1. The van der Waals surface area contributed by atoms with Gasteiger partial charge in [-0.15, -0.1) is 0 Å². The molecule has 0 aliphatic carbocycles. The second kappa shape index (κ2) is 8.27. The van der Waals surface area contributed by atoms with Crippen molar-refractivity contribution in [2.45, 2.75) is 6.92 Å². The van der Waals surface area contributed by atoms with Gasteiger partial charge in [-0.25, -0.2) is 0 Å². The van der Waals surface area contributed by atoms with E-state index in [1.807, 2.05) is 61.5 Å². The van der Waals surface area contributed by atoms with Crippen LogP contribution in [0.5, 0.6) is 5.75 Å². The van der Waals surface area contributed by atoms with E-state index in [4.69, 9.17) is 9.47 Å². The van der Waals surface area contributed by atoms with Gasteiger partial charge in [-0.3, -0.25) is 9.89 Å². The number of hydrogen-bond donors (Lipinski definition) is 1. The maximum atomic E-state index is 12.2. The second-order valence-electron chi connectivity index (χ2n) is 6.79. The monoisotopic (exact) mass is 377 g/mol. The third-order valence-electron chi connectivity index (χ3n) is 4.85. The van der Waals surface area contributed by atoms with Crippen LogP contribution in [-0.4, -0.2) is 53.9 Å². The van der Waals surface area contributed by atoms with E-state index < -0.39 is 0 Å². The molecule has 0 unspecified atom stereocenters. The summed E-state index contributed by atoms with van der Waals surface area (Å²) in [6.07, 6.45) is 4.02. The predicted molar refractivity (Wildman–Crippen MR) is 109 cm³/mol. The highest BCUT2D eigenvalue weighted by Gasteiger charge is 2.17. The van der Waals surface area contributed by atoms with Crippen LogP contribution < -0.4 is 4.74 Å². The van der Waals surface area contributed by atoms with Crippen LogP contribution in [0.25, 0.3) is 23.1 Å². The van der Waals surface area contributed by atoms with Crippen LogP contribution in [0.3, 0.4) is 0 Å². The van der Waals surface area contributed by atoms with Gasteiger partial charge in [0.05, 0.1) is 24.4 Å². The molecule has 3 aromatic rings. The fraction of sp³-hybridized carbons (Fsp3) is 0.273. The number of aryl methyl sites for hydroxylation is 1. The smallest absolute Gasteiger partial charge is 0.260 e. The largest absolute Gasteiger partial charge is 0.483 e. The Kier molecular flexibility index (Phi) is 5.39. The summed E-state index contributed by atoms with van der Waals surface area (Å²) >= 11 is 0. The number of aromatic amines is 1. The highest BCUT2D eigenvalue weighted by atomic mass is 16.5. The standard InChI is InChI=1S/C22H23N3O3/c1-16-14-17(6-8-20-18-4-2-3-5-19(18)23-24-20)7-9-21(16)28-15-22(26)25-10-12-27-13-11-25/h2-9,14H,10-13,15H2,1H3,(H,23,24). The van der Waals surface area contributed by atoms with E-state index in [2.05, 4.69) is 10.2 Å². The molecule has 1 aliphatic heterocycles. The van der Waals surface area contributed by atoms with Crippen molar-refractivity contribution in [2.24, 2.45) is 0 Å². The molecule has 0 radical (unpaired) electrons. The maximum absolute atomic E-state index is 12.2. The van der Waals surface area contributed by atoms with Gasteiger partial charge < -0.3 is 14.4 Å². The van der Waals surface area contributed by atoms with Gasteiger partial charge in [0.25, 0.3) is 5.91 Å². The summed E-state index contributed by atoms with van der Waals surface area (Å²) in [6, 6.07) is 14.0. The zero-order valence-corrected chi connectivity index (χ0v) is 15.9. The Morgan fingerprint density at radius 3 is 2.86 bits per heavy atom. The molecular weight excluding hydrogens is 354 g/mol. The number of morpholine rings is 1. The average molecular weight is 377 g/mol. The number of carbonyl (C=O) groups excluding carboxylic acids is 1. The fourth-order valence-electron chi connectivity index (χ4n) is 3.27. The summed E-state index contributed by atoms with van der Waals surface area (Å²) in [5.41, 5.74) is 3.97. The molecule has 1 N–H and O–H groups in total. The van der Waals surface area contributed by atoms with Crippen LogP contribution in [-0.2, 0) is 9.53 Å². The van der Waals surface area contributed by atoms with Crippen molar-refractivity contribution in [1.82, 2.24) is 15.1 Å². The Hall–Kier alpha value is -3.12. The number of fused-ring (bicyclic) bond motifs is 1. The number of benzene rings is 2. The van der Waals surface area contributed by atoms with Crippen LogP contribution >= 0.6 is 0 Å². The first-order valence-corrected chi connectivity index (χ1v) is 9.41. The summed E-state index contributed by atoms with van der Waals surface area (Å²) in [6.45, 7) is 4.48. The van der Waals surface area contributed by atoms with Gasteiger partial charge in [-0.05, 0) is 42.3 Å². The van der Waals surface area contributed by atoms with Crippen LogP contribution in [0.2, 0.25) is 0 Å². The van der Waals surface area contributed by atoms with Crippen molar-refractivity contribution in [1.29, 1.82) is 0 Å². The highest BCUT2D eigenvalue weighted by Crippen LogP contribution is 2.22. The lowest BCUT2D eigenvalue weighted by Gasteiger charge is -2.26.